The number of ether oxygens (including phenoxy) is 1. The van der Waals surface area contributed by atoms with Crippen molar-refractivity contribution in [3.8, 4) is 0 Å². The molecule has 2 aliphatic rings. The topological polar surface area (TPSA) is 91.3 Å². The first kappa shape index (κ1) is 23.9. The number of rotatable bonds is 4. The van der Waals surface area contributed by atoms with Gasteiger partial charge in [-0.3, -0.25) is 9.59 Å². The maximum absolute atomic E-state index is 13.4. The third-order valence-corrected chi connectivity index (χ3v) is 6.55. The van der Waals surface area contributed by atoms with Gasteiger partial charge in [0.15, 0.2) is 0 Å². The first-order valence-electron chi connectivity index (χ1n) is 11.1. The number of hydrogen-bond acceptors (Lipinski definition) is 6. The Bertz CT molecular complexity index is 1100. The number of thiophene rings is 1. The highest BCUT2D eigenvalue weighted by atomic mass is 32.1. The van der Waals surface area contributed by atoms with Gasteiger partial charge < -0.3 is 19.9 Å². The summed E-state index contributed by atoms with van der Waals surface area (Å²) in [4.78, 5) is 47.4. The van der Waals surface area contributed by atoms with E-state index in [0.717, 1.165) is 4.88 Å². The Hall–Kier alpha value is -3.27. The second kappa shape index (κ2) is 9.17. The molecule has 1 aromatic carbocycles. The molecule has 3 heterocycles. The molecule has 0 atom stereocenters. The quantitative estimate of drug-likeness (QED) is 0.710. The number of carbonyl (C=O) groups excluding carboxylic acids is 3. The third kappa shape index (κ3) is 5.11. The summed E-state index contributed by atoms with van der Waals surface area (Å²) in [7, 11) is 0. The maximum Gasteiger partial charge on any atom is 0.410 e. The number of aliphatic imine (C=N–C) groups is 1. The molecule has 34 heavy (non-hydrogen) atoms. The molecule has 2 aromatic rings. The van der Waals surface area contributed by atoms with Gasteiger partial charge in [-0.2, -0.15) is 0 Å². The highest BCUT2D eigenvalue weighted by Crippen LogP contribution is 2.37. The van der Waals surface area contributed by atoms with Crippen LogP contribution >= 0.6 is 11.3 Å². The number of hydrogen-bond donors (Lipinski definition) is 1. The van der Waals surface area contributed by atoms with Crippen molar-refractivity contribution in [3.63, 3.8) is 0 Å². The summed E-state index contributed by atoms with van der Waals surface area (Å²) >= 11 is 1.41. The van der Waals surface area contributed by atoms with Crippen LogP contribution in [0.2, 0.25) is 0 Å². The average molecular weight is 487 g/mol. The summed E-state index contributed by atoms with van der Waals surface area (Å²) < 4.78 is 18.7. The highest BCUT2D eigenvalue weighted by Gasteiger charge is 2.50. The van der Waals surface area contributed by atoms with E-state index in [4.69, 9.17) is 9.73 Å². The molecule has 0 unspecified atom stereocenters. The van der Waals surface area contributed by atoms with Gasteiger partial charge in [0, 0.05) is 31.6 Å². The lowest BCUT2D eigenvalue weighted by molar-refractivity contribution is -0.134. The summed E-state index contributed by atoms with van der Waals surface area (Å²) in [6.45, 7) is 5.92. The highest BCUT2D eigenvalue weighted by molar-refractivity contribution is 7.13. The van der Waals surface area contributed by atoms with E-state index in [1.165, 1.54) is 40.5 Å². The summed E-state index contributed by atoms with van der Waals surface area (Å²) in [6.07, 6.45) is 0.364. The summed E-state index contributed by atoms with van der Waals surface area (Å²) in [5.74, 6) is -1.13. The molecule has 1 aromatic heterocycles. The zero-order valence-corrected chi connectivity index (χ0v) is 20.2. The number of nitrogens with zero attached hydrogens (tertiary/aromatic N) is 3. The fourth-order valence-corrected chi connectivity index (χ4v) is 4.76. The van der Waals surface area contributed by atoms with Crippen molar-refractivity contribution in [1.82, 2.24) is 9.80 Å². The van der Waals surface area contributed by atoms with E-state index in [9.17, 15) is 18.8 Å². The Morgan fingerprint density at radius 1 is 1.18 bits per heavy atom. The molecular formula is C24H27FN4O4S. The van der Waals surface area contributed by atoms with Gasteiger partial charge in [0.1, 0.15) is 29.3 Å². The van der Waals surface area contributed by atoms with Gasteiger partial charge >= 0.3 is 6.09 Å². The minimum Gasteiger partial charge on any atom is -0.444 e. The van der Waals surface area contributed by atoms with Crippen LogP contribution in [0.25, 0.3) is 0 Å². The van der Waals surface area contributed by atoms with Crippen LogP contribution in [-0.2, 0) is 14.3 Å². The lowest BCUT2D eigenvalue weighted by atomic mass is 9.96. The molecule has 1 N–H and O–H groups in total. The molecule has 4 rings (SSSR count). The van der Waals surface area contributed by atoms with Gasteiger partial charge in [-0.1, -0.05) is 6.07 Å². The molecule has 0 radical (unpaired) electrons. The van der Waals surface area contributed by atoms with E-state index >= 15 is 0 Å². The zero-order chi connectivity index (χ0) is 24.5. The number of halogens is 1. The van der Waals surface area contributed by atoms with Gasteiger partial charge in [0.05, 0.1) is 4.88 Å². The molecule has 2 aliphatic heterocycles. The van der Waals surface area contributed by atoms with Crippen LogP contribution in [-0.4, -0.2) is 64.3 Å². The van der Waals surface area contributed by atoms with Gasteiger partial charge in [-0.05, 0) is 56.5 Å². The Labute approximate surface area is 201 Å². The Morgan fingerprint density at radius 2 is 1.85 bits per heavy atom. The first-order chi connectivity index (χ1) is 16.1. The number of carbonyl (C=O) groups is 3. The Kier molecular flexibility index (Phi) is 6.44. The minimum atomic E-state index is -0.922. The van der Waals surface area contributed by atoms with E-state index in [1.54, 1.807) is 4.90 Å². The average Bonchev–Trinajstić information content (AvgIpc) is 3.38. The molecule has 180 valence electrons. The summed E-state index contributed by atoms with van der Waals surface area (Å²) in [5, 5.41) is 4.58. The fourth-order valence-electron chi connectivity index (χ4n) is 4.06. The first-order valence-corrected chi connectivity index (χ1v) is 11.9. The minimum absolute atomic E-state index is 0.207. The van der Waals surface area contributed by atoms with Crippen LogP contribution in [0, 0.1) is 5.82 Å². The summed E-state index contributed by atoms with van der Waals surface area (Å²) in [5.41, 5.74) is -0.763. The van der Waals surface area contributed by atoms with Gasteiger partial charge in [-0.25, -0.2) is 14.2 Å². The molecule has 0 bridgehead atoms. The lowest BCUT2D eigenvalue weighted by Gasteiger charge is -2.42. The number of nitrogens with one attached hydrogen (secondary N) is 1. The summed E-state index contributed by atoms with van der Waals surface area (Å²) in [6, 6.07) is 9.10. The molecular weight excluding hydrogens is 459 g/mol. The standard InChI is InChI=1S/C24H27FN4O4S/c1-23(2,3)33-22(32)28-12-10-24(11-13-28)27-20(18-5-4-14-34-18)21(31)29(24)15-19(30)26-17-8-6-16(25)7-9-17/h4-9,14H,10-13,15H2,1-3H3,(H,26,30). The largest absolute Gasteiger partial charge is 0.444 e. The van der Waals surface area contributed by atoms with Crippen LogP contribution in [0.3, 0.4) is 0 Å². The molecule has 3 amide bonds. The monoisotopic (exact) mass is 486 g/mol. The van der Waals surface area contributed by atoms with Crippen molar-refractivity contribution >= 4 is 40.6 Å². The van der Waals surface area contributed by atoms with Crippen LogP contribution in [0.4, 0.5) is 14.9 Å². The van der Waals surface area contributed by atoms with E-state index in [0.29, 0.717) is 37.3 Å². The predicted octanol–water partition coefficient (Wildman–Crippen LogP) is 3.88. The van der Waals surface area contributed by atoms with E-state index < -0.39 is 29.1 Å². The zero-order valence-electron chi connectivity index (χ0n) is 19.3. The smallest absolute Gasteiger partial charge is 0.410 e. The van der Waals surface area contributed by atoms with Gasteiger partial charge in [0.2, 0.25) is 5.91 Å². The SMILES string of the molecule is CC(C)(C)OC(=O)N1CCC2(CC1)N=C(c1cccs1)C(=O)N2CC(=O)Nc1ccc(F)cc1. The normalized spacial score (nSPS) is 17.6. The predicted molar refractivity (Wildman–Crippen MR) is 127 cm³/mol. The van der Waals surface area contributed by atoms with Crippen LogP contribution < -0.4 is 5.32 Å². The molecule has 1 saturated heterocycles. The van der Waals surface area contributed by atoms with E-state index in [-0.39, 0.29) is 12.5 Å². The number of anilines is 1. The Balaban J connectivity index is 1.53. The second-order valence-corrected chi connectivity index (χ2v) is 10.3. The number of piperidine rings is 1. The molecule has 1 fully saturated rings. The Morgan fingerprint density at radius 3 is 2.44 bits per heavy atom. The number of benzene rings is 1. The third-order valence-electron chi connectivity index (χ3n) is 5.67. The fraction of sp³-hybridized carbons (Fsp3) is 0.417. The van der Waals surface area contributed by atoms with Crippen molar-refractivity contribution in [1.29, 1.82) is 0 Å². The van der Waals surface area contributed by atoms with E-state index in [1.807, 2.05) is 38.3 Å². The van der Waals surface area contributed by atoms with Crippen LogP contribution in [0.15, 0.2) is 46.8 Å². The number of amides is 3. The van der Waals surface area contributed by atoms with Gasteiger partial charge in [0.25, 0.3) is 5.91 Å². The van der Waals surface area contributed by atoms with Crippen molar-refractivity contribution in [3.05, 3.63) is 52.5 Å². The molecule has 1 spiro atoms. The van der Waals surface area contributed by atoms with Crippen molar-refractivity contribution < 1.29 is 23.5 Å². The molecule has 8 nitrogen and oxygen atoms in total. The van der Waals surface area contributed by atoms with Crippen molar-refractivity contribution in [2.75, 3.05) is 25.0 Å². The van der Waals surface area contributed by atoms with Crippen molar-refractivity contribution in [2.45, 2.75) is 44.9 Å². The molecule has 0 aliphatic carbocycles. The van der Waals surface area contributed by atoms with Crippen LogP contribution in [0.5, 0.6) is 0 Å². The van der Waals surface area contributed by atoms with E-state index in [2.05, 4.69) is 5.32 Å². The number of likely N-dealkylation sites (tertiary alicyclic amines) is 1. The second-order valence-electron chi connectivity index (χ2n) is 9.33. The van der Waals surface area contributed by atoms with Crippen molar-refractivity contribution in [2.24, 2.45) is 4.99 Å². The maximum atomic E-state index is 13.4. The lowest BCUT2D eigenvalue weighted by Crippen LogP contribution is -2.56. The van der Waals surface area contributed by atoms with Gasteiger partial charge in [-0.15, -0.1) is 11.3 Å². The molecule has 10 heteroatoms. The molecule has 0 saturated carbocycles. The van der Waals surface area contributed by atoms with Crippen LogP contribution in [0.1, 0.15) is 38.5 Å².